The van der Waals surface area contributed by atoms with Gasteiger partial charge in [0, 0.05) is 43.2 Å². The van der Waals surface area contributed by atoms with Crippen LogP contribution >= 0.6 is 0 Å². The Bertz CT molecular complexity index is 1850. The van der Waals surface area contributed by atoms with Crippen LogP contribution in [0.4, 0.5) is 13.2 Å². The van der Waals surface area contributed by atoms with Crippen molar-refractivity contribution in [3.05, 3.63) is 88.7 Å². The van der Waals surface area contributed by atoms with Gasteiger partial charge in [-0.25, -0.2) is 0 Å². The molecule has 50 heavy (non-hydrogen) atoms. The van der Waals surface area contributed by atoms with Crippen LogP contribution in [0.5, 0.6) is 0 Å². The number of allylic oxidation sites excluding steroid dienone is 2. The fourth-order valence-electron chi connectivity index (χ4n) is 7.68. The predicted octanol–water partition coefficient (Wildman–Crippen LogP) is 12.3. The first kappa shape index (κ1) is 39.8. The van der Waals surface area contributed by atoms with E-state index in [0.717, 1.165) is 42.0 Å². The maximum absolute atomic E-state index is 12.0. The van der Waals surface area contributed by atoms with Crippen LogP contribution in [0.3, 0.4) is 0 Å². The molecule has 0 spiro atoms. The van der Waals surface area contributed by atoms with Crippen molar-refractivity contribution in [3.8, 4) is 11.3 Å². The Morgan fingerprint density at radius 2 is 1.62 bits per heavy atom. The number of rotatable bonds is 5. The molecule has 0 amide bonds. The van der Waals surface area contributed by atoms with Crippen LogP contribution in [0.1, 0.15) is 108 Å². The van der Waals surface area contributed by atoms with E-state index >= 15 is 0 Å². The van der Waals surface area contributed by atoms with E-state index in [4.69, 9.17) is 10.1 Å². The molecular formula is C43H51F3IrNO2-. The van der Waals surface area contributed by atoms with E-state index in [1.165, 1.54) is 64.1 Å². The van der Waals surface area contributed by atoms with Gasteiger partial charge in [0.1, 0.15) is 0 Å². The molecule has 2 saturated carbocycles. The third-order valence-electron chi connectivity index (χ3n) is 10.5. The van der Waals surface area contributed by atoms with Crippen LogP contribution in [-0.4, -0.2) is 22.1 Å². The van der Waals surface area contributed by atoms with Crippen LogP contribution in [0.25, 0.3) is 32.9 Å². The van der Waals surface area contributed by atoms with Gasteiger partial charge in [-0.3, -0.25) is 9.78 Å². The van der Waals surface area contributed by atoms with Gasteiger partial charge in [0.05, 0.1) is 5.52 Å². The van der Waals surface area contributed by atoms with Gasteiger partial charge in [-0.2, -0.15) is 13.2 Å². The molecule has 2 aliphatic rings. The summed E-state index contributed by atoms with van der Waals surface area (Å²) in [5.41, 5.74) is 8.98. The number of carbonyl (C=O) groups is 1. The van der Waals surface area contributed by atoms with Crippen molar-refractivity contribution >= 4 is 27.5 Å². The molecule has 0 saturated heterocycles. The molecule has 2 aliphatic carbocycles. The van der Waals surface area contributed by atoms with Gasteiger partial charge in [-0.15, -0.1) is 29.1 Å². The van der Waals surface area contributed by atoms with E-state index in [-0.39, 0.29) is 36.9 Å². The quantitative estimate of drug-likeness (QED) is 0.124. The van der Waals surface area contributed by atoms with Crippen molar-refractivity contribution in [2.45, 2.75) is 118 Å². The van der Waals surface area contributed by atoms with Crippen LogP contribution in [0.15, 0.2) is 60.4 Å². The average Bonchev–Trinajstić information content (AvgIpc) is 3.52. The molecule has 271 valence electrons. The third kappa shape index (κ3) is 9.64. The van der Waals surface area contributed by atoms with Crippen molar-refractivity contribution in [1.29, 1.82) is 0 Å². The van der Waals surface area contributed by atoms with Gasteiger partial charge in [0.15, 0.2) is 5.78 Å². The van der Waals surface area contributed by atoms with Crippen molar-refractivity contribution < 1.29 is 43.2 Å². The number of ketones is 1. The summed E-state index contributed by atoms with van der Waals surface area (Å²) in [6, 6.07) is 21.6. The average molecular weight is 863 g/mol. The zero-order chi connectivity index (χ0) is 35.7. The number of aryl methyl sites for hydroxylation is 2. The minimum atomic E-state index is -4.83. The number of hydrogen-bond acceptors (Lipinski definition) is 3. The zero-order valence-corrected chi connectivity index (χ0v) is 32.9. The molecule has 0 bridgehead atoms. The van der Waals surface area contributed by atoms with Gasteiger partial charge in [0.25, 0.3) is 0 Å². The summed E-state index contributed by atoms with van der Waals surface area (Å²) in [7, 11) is 0. The topological polar surface area (TPSA) is 50.2 Å². The molecule has 3 nitrogen and oxygen atoms in total. The second-order valence-electron chi connectivity index (χ2n) is 16.3. The van der Waals surface area contributed by atoms with Crippen LogP contribution in [0, 0.1) is 37.2 Å². The Hall–Kier alpha value is -3.02. The molecule has 1 N–H and O–H groups in total. The number of alkyl halides is 3. The van der Waals surface area contributed by atoms with Crippen molar-refractivity contribution in [3.63, 3.8) is 0 Å². The first-order chi connectivity index (χ1) is 22.9. The zero-order valence-electron chi connectivity index (χ0n) is 30.5. The SMILES string of the molecule is CC1(C)CCC(C(=O)/C=C(\O)C(F)(F)F)CC1.Cc1cc(C)c2c(CC3CCCC3)cc(-c3[c-]c4ccccc4c(C(C)(C)C)c3)nc2c1.[Ir]. The van der Waals surface area contributed by atoms with Gasteiger partial charge in [0.2, 0.25) is 5.76 Å². The molecule has 0 aliphatic heterocycles. The summed E-state index contributed by atoms with van der Waals surface area (Å²) >= 11 is 0. The van der Waals surface area contributed by atoms with Crippen LogP contribution in [0.2, 0.25) is 0 Å². The number of nitrogens with zero attached hydrogens (tertiary/aromatic N) is 1. The standard InChI is InChI=1S/C31H34N.C12H17F3O2.Ir/c1-20-14-21(2)30-25(16-22-10-6-7-11-22)19-28(32-29(30)15-20)24-17-23-12-8-9-13-26(23)27(18-24)31(3,4)5;1-11(2)5-3-8(4-6-11)9(16)7-10(17)12(13,14)15;/h8-9,12-15,18-19,22H,6-7,10-11,16H2,1-5H3;7-8,17H,3-6H2,1-2H3;/q-1;;/b;10-7-;. The van der Waals surface area contributed by atoms with Crippen molar-refractivity contribution in [2.75, 3.05) is 0 Å². The van der Waals surface area contributed by atoms with Crippen LogP contribution in [-0.2, 0) is 36.7 Å². The summed E-state index contributed by atoms with van der Waals surface area (Å²) < 4.78 is 36.1. The van der Waals surface area contributed by atoms with E-state index < -0.39 is 17.7 Å². The van der Waals surface area contributed by atoms with E-state index in [2.05, 4.69) is 103 Å². The van der Waals surface area contributed by atoms with E-state index in [1.54, 1.807) is 0 Å². The number of benzene rings is 3. The van der Waals surface area contributed by atoms with Gasteiger partial charge >= 0.3 is 6.18 Å². The first-order valence-electron chi connectivity index (χ1n) is 17.8. The fourth-order valence-corrected chi connectivity index (χ4v) is 7.68. The Labute approximate surface area is 309 Å². The number of carbonyl (C=O) groups excluding carboxylic acids is 1. The van der Waals surface area contributed by atoms with Gasteiger partial charge in [-0.1, -0.05) is 102 Å². The maximum atomic E-state index is 12.0. The van der Waals surface area contributed by atoms with Crippen LogP contribution < -0.4 is 0 Å². The molecular weight excluding hydrogens is 812 g/mol. The second-order valence-corrected chi connectivity index (χ2v) is 16.3. The minimum absolute atomic E-state index is 0. The molecule has 6 rings (SSSR count). The van der Waals surface area contributed by atoms with E-state index in [1.807, 2.05) is 0 Å². The number of halogens is 3. The summed E-state index contributed by atoms with van der Waals surface area (Å²) in [4.78, 5) is 16.7. The largest absolute Gasteiger partial charge is 0.504 e. The fraction of sp³-hybridized carbons (Fsp3) is 0.488. The molecule has 1 aromatic heterocycles. The number of pyridine rings is 1. The maximum Gasteiger partial charge on any atom is 0.448 e. The number of hydrogen-bond donors (Lipinski definition) is 1. The third-order valence-corrected chi connectivity index (χ3v) is 10.5. The Balaban J connectivity index is 0.000000267. The molecule has 0 atom stereocenters. The molecule has 1 radical (unpaired) electrons. The predicted molar refractivity (Wildman–Crippen MR) is 195 cm³/mol. The summed E-state index contributed by atoms with van der Waals surface area (Å²) in [6.07, 6.45) is 4.97. The second kappa shape index (κ2) is 15.7. The van der Waals surface area contributed by atoms with E-state index in [9.17, 15) is 18.0 Å². The number of aromatic nitrogens is 1. The molecule has 2 fully saturated rings. The first-order valence-corrected chi connectivity index (χ1v) is 17.8. The van der Waals surface area contributed by atoms with Crippen molar-refractivity contribution in [1.82, 2.24) is 4.98 Å². The number of aliphatic hydroxyl groups is 1. The van der Waals surface area contributed by atoms with E-state index in [0.29, 0.717) is 18.9 Å². The number of aliphatic hydroxyl groups excluding tert-OH is 1. The molecule has 0 unspecified atom stereocenters. The molecule has 4 aromatic rings. The smallest absolute Gasteiger partial charge is 0.448 e. The summed E-state index contributed by atoms with van der Waals surface area (Å²) in [5.74, 6) is -1.99. The Morgan fingerprint density at radius 3 is 2.24 bits per heavy atom. The Kier molecular flexibility index (Phi) is 12.5. The number of fused-ring (bicyclic) bond motifs is 2. The molecule has 3 aromatic carbocycles. The minimum Gasteiger partial charge on any atom is -0.504 e. The normalized spacial score (nSPS) is 17.4. The molecule has 7 heteroatoms. The summed E-state index contributed by atoms with van der Waals surface area (Å²) in [5, 5.41) is 12.5. The molecule has 1 heterocycles. The monoisotopic (exact) mass is 863 g/mol. The van der Waals surface area contributed by atoms with Gasteiger partial charge < -0.3 is 5.11 Å². The Morgan fingerprint density at radius 1 is 0.980 bits per heavy atom. The van der Waals surface area contributed by atoms with Crippen molar-refractivity contribution in [2.24, 2.45) is 17.3 Å². The summed E-state index contributed by atoms with van der Waals surface area (Å²) in [6.45, 7) is 15.5. The van der Waals surface area contributed by atoms with Gasteiger partial charge in [-0.05, 0) is 85.5 Å².